The van der Waals surface area contributed by atoms with Crippen LogP contribution in [-0.4, -0.2) is 53.3 Å². The van der Waals surface area contributed by atoms with E-state index >= 15 is 0 Å². The van der Waals surface area contributed by atoms with Gasteiger partial charge in [0.05, 0.1) is 19.3 Å². The minimum atomic E-state index is -0.668. The number of aliphatic hydroxyl groups is 1. The Morgan fingerprint density at radius 1 is 1.26 bits per heavy atom. The molecule has 0 aliphatic carbocycles. The van der Waals surface area contributed by atoms with Crippen LogP contribution in [0.25, 0.3) is 11.1 Å². The lowest BCUT2D eigenvalue weighted by molar-refractivity contribution is 0.0534. The number of hydrogen-bond donors (Lipinski definition) is 1. The van der Waals surface area contributed by atoms with Crippen molar-refractivity contribution in [3.8, 4) is 0 Å². The van der Waals surface area contributed by atoms with Crippen molar-refractivity contribution >= 4 is 28.6 Å². The number of amides is 1. The van der Waals surface area contributed by atoms with Gasteiger partial charge in [-0.2, -0.15) is 0 Å². The van der Waals surface area contributed by atoms with E-state index in [2.05, 4.69) is 4.98 Å². The van der Waals surface area contributed by atoms with Gasteiger partial charge in [-0.05, 0) is 35.9 Å². The number of nitrogens with zero attached hydrogens (tertiary/aromatic N) is 2. The first-order chi connectivity index (χ1) is 13.1. The molecule has 3 aromatic rings. The molecular weight excluding hydrogens is 368 g/mol. The van der Waals surface area contributed by atoms with Crippen LogP contribution in [0.15, 0.2) is 46.9 Å². The van der Waals surface area contributed by atoms with Crippen molar-refractivity contribution in [3.63, 3.8) is 0 Å². The highest BCUT2D eigenvalue weighted by Crippen LogP contribution is 2.21. The molecule has 27 heavy (non-hydrogen) atoms. The van der Waals surface area contributed by atoms with Crippen LogP contribution in [0.5, 0.6) is 0 Å². The van der Waals surface area contributed by atoms with Crippen LogP contribution in [-0.2, 0) is 11.2 Å². The van der Waals surface area contributed by atoms with Crippen molar-refractivity contribution in [2.45, 2.75) is 12.5 Å². The normalized spacial score (nSPS) is 17.9. The predicted molar refractivity (Wildman–Crippen MR) is 101 cm³/mol. The van der Waals surface area contributed by atoms with E-state index < -0.39 is 6.10 Å². The standard InChI is InChI=1S/C20H19ClN2O4/c21-15-4-1-13(2-5-15)9-19-22-17-10-14(3-6-18(17)27-19)20(25)23-7-8-26-12-16(24)11-23/h1-6,10,16,24H,7-9,11-12H2/t16-/m0/s1. The van der Waals surface area contributed by atoms with Crippen LogP contribution < -0.4 is 0 Å². The number of carbonyl (C=O) groups excluding carboxylic acids is 1. The highest BCUT2D eigenvalue weighted by molar-refractivity contribution is 6.30. The van der Waals surface area contributed by atoms with Gasteiger partial charge in [0.15, 0.2) is 11.5 Å². The summed E-state index contributed by atoms with van der Waals surface area (Å²) in [6, 6.07) is 12.7. The van der Waals surface area contributed by atoms with Crippen molar-refractivity contribution in [2.75, 3.05) is 26.3 Å². The van der Waals surface area contributed by atoms with Gasteiger partial charge in [-0.1, -0.05) is 23.7 Å². The average molecular weight is 387 g/mol. The van der Waals surface area contributed by atoms with Crippen LogP contribution in [0, 0.1) is 0 Å². The molecular formula is C20H19ClN2O4. The second-order valence-electron chi connectivity index (χ2n) is 6.57. The third-order valence-corrected chi connectivity index (χ3v) is 4.73. The third-order valence-electron chi connectivity index (χ3n) is 4.48. The molecule has 2 heterocycles. The summed E-state index contributed by atoms with van der Waals surface area (Å²) in [5.41, 5.74) is 2.83. The van der Waals surface area contributed by atoms with Crippen molar-refractivity contribution in [2.24, 2.45) is 0 Å². The Labute approximate surface area is 161 Å². The summed E-state index contributed by atoms with van der Waals surface area (Å²) in [7, 11) is 0. The van der Waals surface area contributed by atoms with E-state index in [0.29, 0.717) is 47.1 Å². The number of hydrogen-bond acceptors (Lipinski definition) is 5. The second kappa shape index (κ2) is 7.68. The summed E-state index contributed by atoms with van der Waals surface area (Å²) in [6.45, 7) is 1.38. The highest BCUT2D eigenvalue weighted by Gasteiger charge is 2.22. The first-order valence-corrected chi connectivity index (χ1v) is 9.15. The lowest BCUT2D eigenvalue weighted by atomic mass is 10.1. The molecule has 6 nitrogen and oxygen atoms in total. The summed E-state index contributed by atoms with van der Waals surface area (Å²) < 4.78 is 11.1. The minimum Gasteiger partial charge on any atom is -0.440 e. The number of aliphatic hydroxyl groups excluding tert-OH is 1. The Morgan fingerprint density at radius 2 is 2.07 bits per heavy atom. The first kappa shape index (κ1) is 18.0. The van der Waals surface area contributed by atoms with Gasteiger partial charge in [0.25, 0.3) is 5.91 Å². The van der Waals surface area contributed by atoms with Gasteiger partial charge in [0.1, 0.15) is 5.52 Å². The molecule has 1 atom stereocenters. The molecule has 2 aromatic carbocycles. The fourth-order valence-electron chi connectivity index (χ4n) is 3.12. The largest absolute Gasteiger partial charge is 0.440 e. The van der Waals surface area contributed by atoms with Crippen LogP contribution in [0.4, 0.5) is 0 Å². The number of rotatable bonds is 3. The summed E-state index contributed by atoms with van der Waals surface area (Å²) in [5, 5.41) is 10.5. The third kappa shape index (κ3) is 4.13. The van der Waals surface area contributed by atoms with Gasteiger partial charge in [0.2, 0.25) is 0 Å². The van der Waals surface area contributed by atoms with E-state index in [0.717, 1.165) is 5.56 Å². The number of ether oxygens (including phenoxy) is 1. The zero-order chi connectivity index (χ0) is 18.8. The van der Waals surface area contributed by atoms with Crippen LogP contribution in [0.2, 0.25) is 5.02 Å². The summed E-state index contributed by atoms with van der Waals surface area (Å²) in [5.74, 6) is 0.430. The molecule has 1 aliphatic rings. The molecule has 1 aliphatic heterocycles. The maximum atomic E-state index is 12.8. The zero-order valence-corrected chi connectivity index (χ0v) is 15.4. The van der Waals surface area contributed by atoms with Gasteiger partial charge in [0, 0.05) is 30.1 Å². The Kier molecular flexibility index (Phi) is 5.11. The van der Waals surface area contributed by atoms with E-state index in [1.807, 2.05) is 24.3 Å². The fourth-order valence-corrected chi connectivity index (χ4v) is 3.25. The number of fused-ring (bicyclic) bond motifs is 1. The molecule has 0 saturated carbocycles. The molecule has 0 bridgehead atoms. The molecule has 0 unspecified atom stereocenters. The maximum Gasteiger partial charge on any atom is 0.254 e. The number of oxazole rings is 1. The first-order valence-electron chi connectivity index (χ1n) is 8.77. The SMILES string of the molecule is O=C(c1ccc2oc(Cc3ccc(Cl)cc3)nc2c1)N1CCOC[C@@H](O)C1. The molecule has 1 amide bonds. The fraction of sp³-hybridized carbons (Fsp3) is 0.300. The Morgan fingerprint density at radius 3 is 2.89 bits per heavy atom. The number of benzene rings is 2. The van der Waals surface area contributed by atoms with Crippen molar-refractivity contribution in [1.29, 1.82) is 0 Å². The topological polar surface area (TPSA) is 75.8 Å². The predicted octanol–water partition coefficient (Wildman–Crippen LogP) is 2.91. The lowest BCUT2D eigenvalue weighted by Crippen LogP contribution is -2.37. The van der Waals surface area contributed by atoms with E-state index in [1.165, 1.54) is 0 Å². The minimum absolute atomic E-state index is 0.149. The molecule has 1 aromatic heterocycles. The van der Waals surface area contributed by atoms with Gasteiger partial charge in [-0.15, -0.1) is 0 Å². The molecule has 1 saturated heterocycles. The van der Waals surface area contributed by atoms with Gasteiger partial charge >= 0.3 is 0 Å². The van der Waals surface area contributed by atoms with Crippen molar-refractivity contribution in [3.05, 3.63) is 64.5 Å². The van der Waals surface area contributed by atoms with Crippen LogP contribution >= 0.6 is 11.6 Å². The van der Waals surface area contributed by atoms with Crippen LogP contribution in [0.3, 0.4) is 0 Å². The Hall–Kier alpha value is -2.41. The summed E-state index contributed by atoms with van der Waals surface area (Å²) >= 11 is 5.91. The number of β-amino-alcohol motifs (C(OH)–C–C–N with tert-alkyl or cyclic N) is 1. The van der Waals surface area contributed by atoms with Gasteiger partial charge < -0.3 is 19.2 Å². The average Bonchev–Trinajstić information content (AvgIpc) is 2.93. The zero-order valence-electron chi connectivity index (χ0n) is 14.6. The quantitative estimate of drug-likeness (QED) is 0.749. The number of halogens is 1. The van der Waals surface area contributed by atoms with E-state index in [-0.39, 0.29) is 19.1 Å². The van der Waals surface area contributed by atoms with Crippen molar-refractivity contribution < 1.29 is 19.1 Å². The maximum absolute atomic E-state index is 12.8. The van der Waals surface area contributed by atoms with E-state index in [4.69, 9.17) is 20.8 Å². The molecule has 0 radical (unpaired) electrons. The monoisotopic (exact) mass is 386 g/mol. The van der Waals surface area contributed by atoms with Crippen LogP contribution in [0.1, 0.15) is 21.8 Å². The molecule has 4 rings (SSSR count). The highest BCUT2D eigenvalue weighted by atomic mass is 35.5. The Bertz CT molecular complexity index is 954. The smallest absolute Gasteiger partial charge is 0.254 e. The molecule has 7 heteroatoms. The molecule has 1 fully saturated rings. The summed E-state index contributed by atoms with van der Waals surface area (Å²) in [4.78, 5) is 18.9. The molecule has 1 N–H and O–H groups in total. The second-order valence-corrected chi connectivity index (χ2v) is 7.01. The van der Waals surface area contributed by atoms with Gasteiger partial charge in [-0.25, -0.2) is 4.98 Å². The molecule has 0 spiro atoms. The number of aromatic nitrogens is 1. The molecule has 140 valence electrons. The summed E-state index contributed by atoms with van der Waals surface area (Å²) in [6.07, 6.45) is -0.122. The lowest BCUT2D eigenvalue weighted by Gasteiger charge is -2.21. The Balaban J connectivity index is 1.55. The van der Waals surface area contributed by atoms with Crippen molar-refractivity contribution in [1.82, 2.24) is 9.88 Å². The van der Waals surface area contributed by atoms with E-state index in [1.54, 1.807) is 23.1 Å². The number of carbonyl (C=O) groups is 1. The van der Waals surface area contributed by atoms with E-state index in [9.17, 15) is 9.90 Å². The van der Waals surface area contributed by atoms with Gasteiger partial charge in [-0.3, -0.25) is 4.79 Å².